The van der Waals surface area contributed by atoms with Crippen LogP contribution >= 0.6 is 0 Å². The minimum Gasteiger partial charge on any atom is -0.461 e. The van der Waals surface area contributed by atoms with Crippen LogP contribution in [0.1, 0.15) is 19.4 Å². The molecule has 2 aromatic carbocycles. The Hall–Kier alpha value is -3.15. The van der Waals surface area contributed by atoms with Crippen LogP contribution in [-0.2, 0) is 16.1 Å². The molecule has 0 unspecified atom stereocenters. The number of carbonyl (C=O) groups excluding carboxylic acids is 1. The lowest BCUT2D eigenvalue weighted by molar-refractivity contribution is -0.136. The van der Waals surface area contributed by atoms with Crippen molar-refractivity contribution in [3.63, 3.8) is 0 Å². The molecule has 6 nitrogen and oxygen atoms in total. The van der Waals surface area contributed by atoms with Crippen LogP contribution < -0.4 is 5.32 Å². The molecule has 6 heteroatoms. The Kier molecular flexibility index (Phi) is 5.09. The molecule has 128 valence electrons. The molecule has 0 saturated heterocycles. The van der Waals surface area contributed by atoms with Gasteiger partial charge in [0, 0.05) is 12.2 Å². The van der Waals surface area contributed by atoms with Crippen molar-refractivity contribution in [3.05, 3.63) is 65.9 Å². The number of nitrogens with zero attached hydrogens (tertiary/aromatic N) is 3. The van der Waals surface area contributed by atoms with Crippen molar-refractivity contribution >= 4 is 22.7 Å². The molecular weight excluding hydrogens is 316 g/mol. The molecule has 25 heavy (non-hydrogen) atoms. The first-order chi connectivity index (χ1) is 12.2. The third-order valence-corrected chi connectivity index (χ3v) is 3.79. The highest BCUT2D eigenvalue weighted by atomic mass is 16.5. The van der Waals surface area contributed by atoms with Gasteiger partial charge >= 0.3 is 5.97 Å². The van der Waals surface area contributed by atoms with E-state index in [1.165, 1.54) is 4.68 Å². The van der Waals surface area contributed by atoms with Crippen LogP contribution in [0.4, 0.5) is 0 Å². The number of hydrogen-bond acceptors (Lipinski definition) is 5. The van der Waals surface area contributed by atoms with Gasteiger partial charge in [-0.25, -0.2) is 9.48 Å². The predicted octanol–water partition coefficient (Wildman–Crippen LogP) is 2.97. The van der Waals surface area contributed by atoms with Crippen LogP contribution in [0, 0.1) is 0 Å². The molecule has 0 fully saturated rings. The minimum atomic E-state index is -0.434. The smallest absolute Gasteiger partial charge is 0.358 e. The van der Waals surface area contributed by atoms with Crippen LogP contribution in [-0.4, -0.2) is 27.6 Å². The second-order valence-corrected chi connectivity index (χ2v) is 5.52. The topological polar surface area (TPSA) is 69.0 Å². The maximum atomic E-state index is 12.5. The number of benzene rings is 2. The number of carbonyl (C=O) groups is 1. The van der Waals surface area contributed by atoms with Crippen molar-refractivity contribution in [3.8, 4) is 0 Å². The number of esters is 1. The fourth-order valence-corrected chi connectivity index (χ4v) is 2.55. The summed E-state index contributed by atoms with van der Waals surface area (Å²) in [6.07, 6.45) is 0. The fourth-order valence-electron chi connectivity index (χ4n) is 2.55. The molecule has 0 spiro atoms. The standard InChI is InChI=1S/C19H20N4O2/c1-3-25-19(24)18(14(2)20-13-15-9-5-4-6-10-15)23-17-12-8-7-11-16(17)21-22-23/h4-12,20H,3,13H2,1-2H3/b18-14+. The summed E-state index contributed by atoms with van der Waals surface area (Å²) in [7, 11) is 0. The lowest BCUT2D eigenvalue weighted by Gasteiger charge is -2.13. The van der Waals surface area contributed by atoms with Crippen LogP contribution in [0.25, 0.3) is 16.7 Å². The highest BCUT2D eigenvalue weighted by Crippen LogP contribution is 2.18. The second-order valence-electron chi connectivity index (χ2n) is 5.52. The number of para-hydroxylation sites is 1. The molecular formula is C19H20N4O2. The first-order valence-corrected chi connectivity index (χ1v) is 8.17. The first kappa shape index (κ1) is 16.7. The maximum Gasteiger partial charge on any atom is 0.358 e. The average molecular weight is 336 g/mol. The molecule has 0 bridgehead atoms. The molecule has 0 saturated carbocycles. The van der Waals surface area contributed by atoms with Gasteiger partial charge in [0.2, 0.25) is 0 Å². The van der Waals surface area contributed by atoms with E-state index in [0.717, 1.165) is 16.6 Å². The van der Waals surface area contributed by atoms with Gasteiger partial charge in [-0.1, -0.05) is 47.7 Å². The van der Waals surface area contributed by atoms with Gasteiger partial charge in [0.05, 0.1) is 12.1 Å². The molecule has 1 N–H and O–H groups in total. The third kappa shape index (κ3) is 3.68. The Bertz CT molecular complexity index is 900. The van der Waals surface area contributed by atoms with Gasteiger partial charge in [-0.05, 0) is 31.5 Å². The van der Waals surface area contributed by atoms with Gasteiger partial charge in [0.15, 0.2) is 5.70 Å². The molecule has 1 aromatic heterocycles. The number of fused-ring (bicyclic) bond motifs is 1. The van der Waals surface area contributed by atoms with E-state index in [9.17, 15) is 4.79 Å². The van der Waals surface area contributed by atoms with Gasteiger partial charge in [-0.15, -0.1) is 5.10 Å². The second kappa shape index (κ2) is 7.61. The van der Waals surface area contributed by atoms with Crippen LogP contribution in [0.3, 0.4) is 0 Å². The quantitative estimate of drug-likeness (QED) is 0.554. The van der Waals surface area contributed by atoms with Crippen molar-refractivity contribution in [2.24, 2.45) is 0 Å². The highest BCUT2D eigenvalue weighted by Gasteiger charge is 2.20. The number of nitrogens with one attached hydrogen (secondary N) is 1. The zero-order valence-corrected chi connectivity index (χ0v) is 14.3. The summed E-state index contributed by atoms with van der Waals surface area (Å²) < 4.78 is 6.75. The summed E-state index contributed by atoms with van der Waals surface area (Å²) >= 11 is 0. The lowest BCUT2D eigenvalue weighted by Crippen LogP contribution is -2.21. The first-order valence-electron chi connectivity index (χ1n) is 8.17. The summed E-state index contributed by atoms with van der Waals surface area (Å²) in [6.45, 7) is 4.51. The predicted molar refractivity (Wildman–Crippen MR) is 96.3 cm³/mol. The van der Waals surface area contributed by atoms with Crippen LogP contribution in [0.15, 0.2) is 60.3 Å². The summed E-state index contributed by atoms with van der Waals surface area (Å²) in [5, 5.41) is 11.6. The molecule has 0 aliphatic rings. The van der Waals surface area contributed by atoms with Crippen molar-refractivity contribution in [2.45, 2.75) is 20.4 Å². The molecule has 0 aliphatic carbocycles. The molecule has 3 aromatic rings. The van der Waals surface area contributed by atoms with E-state index in [4.69, 9.17) is 4.74 Å². The highest BCUT2D eigenvalue weighted by molar-refractivity contribution is 6.12. The summed E-state index contributed by atoms with van der Waals surface area (Å²) in [6, 6.07) is 17.5. The number of rotatable bonds is 6. The van der Waals surface area contributed by atoms with E-state index in [2.05, 4.69) is 15.6 Å². The molecule has 0 aliphatic heterocycles. The number of allylic oxidation sites excluding steroid dienone is 1. The molecule has 0 radical (unpaired) electrons. The van der Waals surface area contributed by atoms with E-state index >= 15 is 0 Å². The van der Waals surface area contributed by atoms with Gasteiger partial charge < -0.3 is 10.1 Å². The summed E-state index contributed by atoms with van der Waals surface area (Å²) in [5.74, 6) is -0.434. The van der Waals surface area contributed by atoms with Crippen molar-refractivity contribution in [1.82, 2.24) is 20.3 Å². The number of ether oxygens (including phenoxy) is 1. The van der Waals surface area contributed by atoms with E-state index in [1.54, 1.807) is 6.92 Å². The van der Waals surface area contributed by atoms with Gasteiger partial charge in [-0.2, -0.15) is 0 Å². The maximum absolute atomic E-state index is 12.5. The molecule has 0 atom stereocenters. The van der Waals surface area contributed by atoms with Crippen molar-refractivity contribution in [2.75, 3.05) is 6.61 Å². The monoisotopic (exact) mass is 336 g/mol. The van der Waals surface area contributed by atoms with E-state index in [1.807, 2.05) is 61.5 Å². The van der Waals surface area contributed by atoms with E-state index in [0.29, 0.717) is 24.5 Å². The zero-order chi connectivity index (χ0) is 17.6. The summed E-state index contributed by atoms with van der Waals surface area (Å²) in [5.41, 5.74) is 3.62. The summed E-state index contributed by atoms with van der Waals surface area (Å²) in [4.78, 5) is 12.5. The molecule has 3 rings (SSSR count). The largest absolute Gasteiger partial charge is 0.461 e. The van der Waals surface area contributed by atoms with Gasteiger partial charge in [-0.3, -0.25) is 0 Å². The third-order valence-electron chi connectivity index (χ3n) is 3.79. The average Bonchev–Trinajstić information content (AvgIpc) is 3.05. The fraction of sp³-hybridized carbons (Fsp3) is 0.211. The van der Waals surface area contributed by atoms with Gasteiger partial charge in [0.25, 0.3) is 0 Å². The van der Waals surface area contributed by atoms with Crippen molar-refractivity contribution in [1.29, 1.82) is 0 Å². The number of hydrogen-bond donors (Lipinski definition) is 1. The lowest BCUT2D eigenvalue weighted by atomic mass is 10.2. The Morgan fingerprint density at radius 1 is 1.12 bits per heavy atom. The Morgan fingerprint density at radius 3 is 2.60 bits per heavy atom. The van der Waals surface area contributed by atoms with Crippen LogP contribution in [0.5, 0.6) is 0 Å². The SMILES string of the molecule is CCOC(=O)/C(=C(/C)NCc1ccccc1)n1nnc2ccccc21. The Labute approximate surface area is 146 Å². The Balaban J connectivity index is 1.97. The molecule has 1 heterocycles. The van der Waals surface area contributed by atoms with Gasteiger partial charge in [0.1, 0.15) is 5.52 Å². The molecule has 0 amide bonds. The zero-order valence-electron chi connectivity index (χ0n) is 14.3. The minimum absolute atomic E-state index is 0.293. The normalized spacial score (nSPS) is 11.9. The van der Waals surface area contributed by atoms with E-state index < -0.39 is 5.97 Å². The van der Waals surface area contributed by atoms with Crippen LogP contribution in [0.2, 0.25) is 0 Å². The van der Waals surface area contributed by atoms with Crippen molar-refractivity contribution < 1.29 is 9.53 Å². The number of aromatic nitrogens is 3. The van der Waals surface area contributed by atoms with E-state index in [-0.39, 0.29) is 0 Å². The Morgan fingerprint density at radius 2 is 1.84 bits per heavy atom.